The summed E-state index contributed by atoms with van der Waals surface area (Å²) >= 11 is 0. The van der Waals surface area contributed by atoms with Gasteiger partial charge in [0, 0.05) is 37.3 Å². The van der Waals surface area contributed by atoms with E-state index >= 15 is 0 Å². The Kier molecular flexibility index (Phi) is 9.17. The monoisotopic (exact) mass is 616 g/mol. The lowest BCUT2D eigenvalue weighted by Gasteiger charge is -2.33. The van der Waals surface area contributed by atoms with Crippen molar-refractivity contribution >= 4 is 40.1 Å². The number of aryl methyl sites for hydroxylation is 2. The van der Waals surface area contributed by atoms with Gasteiger partial charge in [-0.1, -0.05) is 38.0 Å². The number of alkyl carbamates (subject to hydrolysis) is 1. The van der Waals surface area contributed by atoms with Crippen LogP contribution < -0.4 is 21.5 Å². The third-order valence-corrected chi connectivity index (χ3v) is 7.65. The van der Waals surface area contributed by atoms with Crippen LogP contribution in [0, 0.1) is 24.7 Å². The second-order valence-electron chi connectivity index (χ2n) is 11.2. The summed E-state index contributed by atoms with van der Waals surface area (Å²) in [5.74, 6) is 5.90. The van der Waals surface area contributed by atoms with Crippen molar-refractivity contribution in [1.82, 2.24) is 34.0 Å². The number of piperidine rings is 1. The molecule has 1 aliphatic heterocycles. The van der Waals surface area contributed by atoms with Crippen LogP contribution in [-0.2, 0) is 34.4 Å². The molecular formula is C31H36N8O6. The van der Waals surface area contributed by atoms with Crippen LogP contribution in [0.25, 0.3) is 22.1 Å². The number of rotatable bonds is 8. The molecule has 1 fully saturated rings. The molecule has 0 spiro atoms. The minimum Gasteiger partial charge on any atom is -0.428 e. The van der Waals surface area contributed by atoms with E-state index in [1.54, 1.807) is 32.4 Å². The molecule has 1 aromatic carbocycles. The van der Waals surface area contributed by atoms with E-state index in [0.717, 1.165) is 27.6 Å². The number of nitrogens with one attached hydrogen (secondary N) is 1. The van der Waals surface area contributed by atoms with Gasteiger partial charge in [-0.15, -0.1) is 5.92 Å². The normalized spacial score (nSPS) is 14.8. The quantitative estimate of drug-likeness (QED) is 0.177. The number of anilines is 1. The van der Waals surface area contributed by atoms with E-state index in [1.165, 1.54) is 4.57 Å². The molecule has 45 heavy (non-hydrogen) atoms. The first-order valence-electron chi connectivity index (χ1n) is 14.8. The zero-order valence-electron chi connectivity index (χ0n) is 26.0. The molecule has 0 bridgehead atoms. The van der Waals surface area contributed by atoms with Crippen LogP contribution in [0.4, 0.5) is 10.7 Å². The molecule has 5 rings (SSSR count). The van der Waals surface area contributed by atoms with Gasteiger partial charge in [0.1, 0.15) is 5.82 Å². The van der Waals surface area contributed by atoms with Crippen LogP contribution in [0.15, 0.2) is 33.9 Å². The minimum absolute atomic E-state index is 0.114. The summed E-state index contributed by atoms with van der Waals surface area (Å²) < 4.78 is 14.1. The molecular weight excluding hydrogens is 580 g/mol. The number of imidazole rings is 1. The summed E-state index contributed by atoms with van der Waals surface area (Å²) in [6, 6.07) is 7.27. The number of para-hydroxylation sites is 1. The Hall–Kier alpha value is -5.19. The largest absolute Gasteiger partial charge is 0.428 e. The lowest BCUT2D eigenvalue weighted by molar-refractivity contribution is -0.155. The number of esters is 1. The molecule has 0 radical (unpaired) electrons. The van der Waals surface area contributed by atoms with Gasteiger partial charge in [-0.05, 0) is 32.8 Å². The van der Waals surface area contributed by atoms with E-state index in [4.69, 9.17) is 14.5 Å². The number of amides is 1. The Bertz CT molecular complexity index is 1950. The van der Waals surface area contributed by atoms with E-state index in [1.807, 2.05) is 36.1 Å². The molecule has 0 saturated carbocycles. The van der Waals surface area contributed by atoms with Crippen LogP contribution in [-0.4, -0.2) is 66.6 Å². The zero-order valence-corrected chi connectivity index (χ0v) is 26.0. The highest BCUT2D eigenvalue weighted by Gasteiger charge is 2.28. The smallest absolute Gasteiger partial charge is 0.410 e. The minimum atomic E-state index is -0.708. The van der Waals surface area contributed by atoms with Crippen LogP contribution >= 0.6 is 0 Å². The van der Waals surface area contributed by atoms with Gasteiger partial charge in [-0.2, -0.15) is 4.98 Å². The molecule has 1 aliphatic rings. The number of aromatic nitrogens is 6. The van der Waals surface area contributed by atoms with Gasteiger partial charge in [0.25, 0.3) is 5.56 Å². The Balaban J connectivity index is 1.45. The fourth-order valence-electron chi connectivity index (χ4n) is 5.35. The van der Waals surface area contributed by atoms with Crippen molar-refractivity contribution < 1.29 is 19.1 Å². The van der Waals surface area contributed by atoms with Gasteiger partial charge in [-0.25, -0.2) is 19.6 Å². The second-order valence-corrected chi connectivity index (χ2v) is 11.2. The third kappa shape index (κ3) is 6.52. The summed E-state index contributed by atoms with van der Waals surface area (Å²) in [6.07, 6.45) is 0.695. The number of nitrogens with zero attached hydrogens (tertiary/aromatic N) is 7. The predicted octanol–water partition coefficient (Wildman–Crippen LogP) is 2.07. The zero-order chi connectivity index (χ0) is 32.2. The van der Waals surface area contributed by atoms with Crippen molar-refractivity contribution in [3.63, 3.8) is 0 Å². The first kappa shape index (κ1) is 31.2. The fraction of sp³-hybridized carbons (Fsp3) is 0.452. The van der Waals surface area contributed by atoms with E-state index in [0.29, 0.717) is 31.3 Å². The van der Waals surface area contributed by atoms with Gasteiger partial charge in [0.05, 0.1) is 24.5 Å². The van der Waals surface area contributed by atoms with Crippen molar-refractivity contribution in [1.29, 1.82) is 0 Å². The Morgan fingerprint density at radius 1 is 1.11 bits per heavy atom. The summed E-state index contributed by atoms with van der Waals surface area (Å²) in [7, 11) is 1.57. The summed E-state index contributed by atoms with van der Waals surface area (Å²) in [4.78, 5) is 67.4. The fourth-order valence-corrected chi connectivity index (χ4v) is 5.35. The number of fused-ring (bicyclic) bond motifs is 2. The summed E-state index contributed by atoms with van der Waals surface area (Å²) in [6.45, 7) is 7.50. The molecule has 14 heteroatoms. The highest BCUT2D eigenvalue weighted by molar-refractivity contribution is 5.80. The van der Waals surface area contributed by atoms with E-state index in [2.05, 4.69) is 27.1 Å². The molecule has 3 aromatic heterocycles. The number of carbonyl (C=O) groups excluding carboxylic acids is 2. The predicted molar refractivity (Wildman–Crippen MR) is 167 cm³/mol. The number of hydrogen-bond acceptors (Lipinski definition) is 10. The van der Waals surface area contributed by atoms with Gasteiger partial charge in [-0.3, -0.25) is 23.3 Å². The van der Waals surface area contributed by atoms with Crippen molar-refractivity contribution in [3.05, 3.63) is 56.6 Å². The Labute approximate surface area is 259 Å². The van der Waals surface area contributed by atoms with Gasteiger partial charge in [0.2, 0.25) is 12.7 Å². The lowest BCUT2D eigenvalue weighted by atomic mass is 10.1. The number of benzene rings is 1. The van der Waals surface area contributed by atoms with Gasteiger partial charge in [0.15, 0.2) is 11.2 Å². The molecule has 1 amide bonds. The standard InChI is InChI=1S/C31H36N8O6/c1-6-7-15-38-25-26(35-29(38)37-14-10-11-21(16-37)33-30(42)45-18-44-28(41)19(2)3)36(5)31(43)39(27(25)40)17-24-32-20(4)22-12-8-9-13-23(22)34-24/h8-9,12-13,19,21H,10-11,14-18H2,1-5H3,(H,33,42)/t21-/m1/s1. The highest BCUT2D eigenvalue weighted by atomic mass is 16.7. The van der Waals surface area contributed by atoms with Gasteiger partial charge < -0.3 is 19.7 Å². The molecule has 4 aromatic rings. The molecule has 4 heterocycles. The van der Waals surface area contributed by atoms with Gasteiger partial charge >= 0.3 is 17.8 Å². The summed E-state index contributed by atoms with van der Waals surface area (Å²) in [5.41, 5.74) is 0.871. The first-order chi connectivity index (χ1) is 21.6. The van der Waals surface area contributed by atoms with Crippen molar-refractivity contribution in [2.24, 2.45) is 13.0 Å². The average Bonchev–Trinajstić information content (AvgIpc) is 3.41. The Morgan fingerprint density at radius 2 is 1.89 bits per heavy atom. The lowest BCUT2D eigenvalue weighted by Crippen LogP contribution is -2.48. The molecule has 1 N–H and O–H groups in total. The SMILES string of the molecule is CC#CCn1c(N2CCC[C@@H](NC(=O)OCOC(=O)C(C)C)C2)nc2c1c(=O)n(Cc1nc(C)c3ccccc3n1)c(=O)n2C. The number of carbonyl (C=O) groups is 2. The van der Waals surface area contributed by atoms with Crippen LogP contribution in [0.1, 0.15) is 45.1 Å². The third-order valence-electron chi connectivity index (χ3n) is 7.65. The number of ether oxygens (including phenoxy) is 2. The molecule has 1 atom stereocenters. The molecule has 236 valence electrons. The van der Waals surface area contributed by atoms with Crippen molar-refractivity contribution in [2.75, 3.05) is 24.8 Å². The molecule has 14 nitrogen and oxygen atoms in total. The van der Waals surface area contributed by atoms with Crippen molar-refractivity contribution in [2.45, 2.75) is 59.7 Å². The average molecular weight is 617 g/mol. The number of hydrogen-bond donors (Lipinski definition) is 1. The molecule has 0 unspecified atom stereocenters. The molecule has 0 aliphatic carbocycles. The first-order valence-corrected chi connectivity index (χ1v) is 14.8. The van der Waals surface area contributed by atoms with E-state index < -0.39 is 30.1 Å². The maximum absolute atomic E-state index is 14.0. The topological polar surface area (TPSA) is 155 Å². The second kappa shape index (κ2) is 13.2. The van der Waals surface area contributed by atoms with E-state index in [9.17, 15) is 19.2 Å². The Morgan fingerprint density at radius 3 is 2.64 bits per heavy atom. The van der Waals surface area contributed by atoms with E-state index in [-0.39, 0.29) is 36.2 Å². The summed E-state index contributed by atoms with van der Waals surface area (Å²) in [5, 5.41) is 3.71. The van der Waals surface area contributed by atoms with Crippen LogP contribution in [0.2, 0.25) is 0 Å². The van der Waals surface area contributed by atoms with Crippen LogP contribution in [0.3, 0.4) is 0 Å². The maximum atomic E-state index is 14.0. The maximum Gasteiger partial charge on any atom is 0.410 e. The van der Waals surface area contributed by atoms with Crippen molar-refractivity contribution in [3.8, 4) is 11.8 Å². The van der Waals surface area contributed by atoms with Crippen LogP contribution in [0.5, 0.6) is 0 Å². The molecule has 1 saturated heterocycles. The highest BCUT2D eigenvalue weighted by Crippen LogP contribution is 2.23.